The van der Waals surface area contributed by atoms with E-state index in [1.54, 1.807) is 20.8 Å². The Morgan fingerprint density at radius 1 is 1.40 bits per heavy atom. The molecular weight excluding hydrogens is 196 g/mol. The maximum Gasteiger partial charge on any atom is 0.307 e. The summed E-state index contributed by atoms with van der Waals surface area (Å²) in [4.78, 5) is 22.2. The summed E-state index contributed by atoms with van der Waals surface area (Å²) < 4.78 is 4.71. The van der Waals surface area contributed by atoms with Crippen molar-refractivity contribution < 1.29 is 14.3 Å². The minimum Gasteiger partial charge on any atom is -0.466 e. The molecule has 0 aromatic carbocycles. The number of amides is 1. The summed E-state index contributed by atoms with van der Waals surface area (Å²) in [5.41, 5.74) is 5.14. The van der Waals surface area contributed by atoms with Crippen molar-refractivity contribution in [2.24, 2.45) is 5.73 Å². The van der Waals surface area contributed by atoms with Gasteiger partial charge in [-0.1, -0.05) is 0 Å². The second-order valence-corrected chi connectivity index (χ2v) is 4.07. The average Bonchev–Trinajstić information content (AvgIpc) is 2.00. The SMILES string of the molecule is CCOC(=O)CCNC(=O)CC(C)(C)N. The molecular formula is C10H20N2O3. The number of esters is 1. The van der Waals surface area contributed by atoms with E-state index >= 15 is 0 Å². The Morgan fingerprint density at radius 2 is 2.00 bits per heavy atom. The molecule has 0 rings (SSSR count). The molecule has 0 atom stereocenters. The first-order valence-corrected chi connectivity index (χ1v) is 5.06. The smallest absolute Gasteiger partial charge is 0.307 e. The zero-order valence-electron chi connectivity index (χ0n) is 9.63. The van der Waals surface area contributed by atoms with Gasteiger partial charge in [0.15, 0.2) is 0 Å². The third-order valence-corrected chi connectivity index (χ3v) is 1.57. The van der Waals surface area contributed by atoms with Crippen LogP contribution in [0.25, 0.3) is 0 Å². The molecule has 88 valence electrons. The van der Waals surface area contributed by atoms with E-state index in [0.29, 0.717) is 13.2 Å². The van der Waals surface area contributed by atoms with Gasteiger partial charge in [-0.15, -0.1) is 0 Å². The van der Waals surface area contributed by atoms with Gasteiger partial charge in [0, 0.05) is 18.5 Å². The summed E-state index contributed by atoms with van der Waals surface area (Å²) in [6.45, 7) is 5.96. The van der Waals surface area contributed by atoms with Crippen molar-refractivity contribution in [2.75, 3.05) is 13.2 Å². The van der Waals surface area contributed by atoms with Crippen LogP contribution in [0.4, 0.5) is 0 Å². The van der Waals surface area contributed by atoms with Crippen molar-refractivity contribution in [1.82, 2.24) is 5.32 Å². The lowest BCUT2D eigenvalue weighted by molar-refractivity contribution is -0.143. The van der Waals surface area contributed by atoms with Crippen LogP contribution < -0.4 is 11.1 Å². The molecule has 0 unspecified atom stereocenters. The Morgan fingerprint density at radius 3 is 2.47 bits per heavy atom. The standard InChI is InChI=1S/C10H20N2O3/c1-4-15-9(14)5-6-12-8(13)7-10(2,3)11/h4-7,11H2,1-3H3,(H,12,13). The third kappa shape index (κ3) is 9.21. The number of rotatable bonds is 6. The maximum atomic E-state index is 11.3. The van der Waals surface area contributed by atoms with Crippen molar-refractivity contribution >= 4 is 11.9 Å². The molecule has 5 heteroatoms. The largest absolute Gasteiger partial charge is 0.466 e. The third-order valence-electron chi connectivity index (χ3n) is 1.57. The fourth-order valence-corrected chi connectivity index (χ4v) is 1.01. The lowest BCUT2D eigenvalue weighted by Crippen LogP contribution is -2.39. The van der Waals surface area contributed by atoms with Crippen LogP contribution in [-0.4, -0.2) is 30.6 Å². The fraction of sp³-hybridized carbons (Fsp3) is 0.800. The van der Waals surface area contributed by atoms with Crippen molar-refractivity contribution in [1.29, 1.82) is 0 Å². The van der Waals surface area contributed by atoms with E-state index in [9.17, 15) is 9.59 Å². The molecule has 0 aliphatic rings. The van der Waals surface area contributed by atoms with E-state index in [4.69, 9.17) is 10.5 Å². The Balaban J connectivity index is 3.60. The molecule has 0 bridgehead atoms. The van der Waals surface area contributed by atoms with E-state index in [1.807, 2.05) is 0 Å². The maximum absolute atomic E-state index is 11.3. The quantitative estimate of drug-likeness (QED) is 0.621. The first-order valence-electron chi connectivity index (χ1n) is 5.06. The molecule has 0 heterocycles. The van der Waals surface area contributed by atoms with Gasteiger partial charge < -0.3 is 15.8 Å². The highest BCUT2D eigenvalue weighted by Crippen LogP contribution is 2.02. The summed E-state index contributed by atoms with van der Waals surface area (Å²) >= 11 is 0. The van der Waals surface area contributed by atoms with Gasteiger partial charge in [0.05, 0.1) is 13.0 Å². The van der Waals surface area contributed by atoms with Crippen LogP contribution >= 0.6 is 0 Å². The molecule has 0 aliphatic heterocycles. The number of nitrogens with one attached hydrogen (secondary N) is 1. The zero-order valence-corrected chi connectivity index (χ0v) is 9.63. The molecule has 15 heavy (non-hydrogen) atoms. The summed E-state index contributed by atoms with van der Waals surface area (Å²) in [5, 5.41) is 2.61. The Bertz CT molecular complexity index is 221. The molecule has 0 aromatic rings. The molecule has 0 fully saturated rings. The van der Waals surface area contributed by atoms with Crippen LogP contribution in [-0.2, 0) is 14.3 Å². The van der Waals surface area contributed by atoms with E-state index < -0.39 is 5.54 Å². The monoisotopic (exact) mass is 216 g/mol. The second-order valence-electron chi connectivity index (χ2n) is 4.07. The Labute approximate surface area is 90.4 Å². The van der Waals surface area contributed by atoms with Gasteiger partial charge in [-0.3, -0.25) is 9.59 Å². The molecule has 0 saturated heterocycles. The van der Waals surface area contributed by atoms with Gasteiger partial charge in [-0.25, -0.2) is 0 Å². The highest BCUT2D eigenvalue weighted by molar-refractivity contribution is 5.78. The topological polar surface area (TPSA) is 81.4 Å². The van der Waals surface area contributed by atoms with Crippen LogP contribution in [0.15, 0.2) is 0 Å². The van der Waals surface area contributed by atoms with Crippen molar-refractivity contribution in [3.8, 4) is 0 Å². The lowest BCUT2D eigenvalue weighted by atomic mass is 10.0. The number of hydrogen-bond acceptors (Lipinski definition) is 4. The van der Waals surface area contributed by atoms with Crippen LogP contribution in [0.2, 0.25) is 0 Å². The van der Waals surface area contributed by atoms with Crippen molar-refractivity contribution in [3.63, 3.8) is 0 Å². The highest BCUT2D eigenvalue weighted by atomic mass is 16.5. The van der Waals surface area contributed by atoms with Gasteiger partial charge in [-0.2, -0.15) is 0 Å². The first kappa shape index (κ1) is 13.9. The molecule has 0 aromatic heterocycles. The minimum atomic E-state index is -0.520. The molecule has 0 radical (unpaired) electrons. The number of carbonyl (C=O) groups is 2. The van der Waals surface area contributed by atoms with Crippen molar-refractivity contribution in [2.45, 2.75) is 39.2 Å². The van der Waals surface area contributed by atoms with Gasteiger partial charge >= 0.3 is 5.97 Å². The molecule has 5 nitrogen and oxygen atoms in total. The van der Waals surface area contributed by atoms with Gasteiger partial charge in [0.25, 0.3) is 0 Å². The normalized spacial score (nSPS) is 10.9. The molecule has 0 aliphatic carbocycles. The first-order chi connectivity index (χ1) is 6.85. The number of ether oxygens (including phenoxy) is 1. The van der Waals surface area contributed by atoms with Crippen LogP contribution in [0.3, 0.4) is 0 Å². The van der Waals surface area contributed by atoms with E-state index in [2.05, 4.69) is 5.32 Å². The number of hydrogen-bond donors (Lipinski definition) is 2. The Kier molecular flexibility index (Phi) is 5.93. The number of nitrogens with two attached hydrogens (primary N) is 1. The van der Waals surface area contributed by atoms with Crippen molar-refractivity contribution in [3.05, 3.63) is 0 Å². The second kappa shape index (κ2) is 6.40. The predicted molar refractivity (Wildman–Crippen MR) is 57.1 cm³/mol. The van der Waals surface area contributed by atoms with Crippen LogP contribution in [0.1, 0.15) is 33.6 Å². The molecule has 0 spiro atoms. The lowest BCUT2D eigenvalue weighted by Gasteiger charge is -2.17. The summed E-state index contributed by atoms with van der Waals surface area (Å²) in [5.74, 6) is -0.448. The summed E-state index contributed by atoms with van der Waals surface area (Å²) in [6, 6.07) is 0. The van der Waals surface area contributed by atoms with E-state index in [1.165, 1.54) is 0 Å². The zero-order chi connectivity index (χ0) is 11.9. The molecule has 3 N–H and O–H groups in total. The minimum absolute atomic E-state index is 0.146. The van der Waals surface area contributed by atoms with Gasteiger partial charge in [-0.05, 0) is 20.8 Å². The predicted octanol–water partition coefficient (Wildman–Crippen LogP) is 0.183. The van der Waals surface area contributed by atoms with E-state index in [0.717, 1.165) is 0 Å². The molecule has 1 amide bonds. The van der Waals surface area contributed by atoms with Crippen LogP contribution in [0, 0.1) is 0 Å². The van der Waals surface area contributed by atoms with E-state index in [-0.39, 0.29) is 24.7 Å². The average molecular weight is 216 g/mol. The highest BCUT2D eigenvalue weighted by Gasteiger charge is 2.15. The summed E-state index contributed by atoms with van der Waals surface area (Å²) in [6.07, 6.45) is 0.445. The number of carbonyl (C=O) groups excluding carboxylic acids is 2. The van der Waals surface area contributed by atoms with Gasteiger partial charge in [0.1, 0.15) is 0 Å². The van der Waals surface area contributed by atoms with Crippen LogP contribution in [0.5, 0.6) is 0 Å². The fourth-order valence-electron chi connectivity index (χ4n) is 1.01. The summed E-state index contributed by atoms with van der Waals surface area (Å²) in [7, 11) is 0. The Hall–Kier alpha value is -1.10. The molecule has 0 saturated carbocycles. The van der Waals surface area contributed by atoms with Gasteiger partial charge in [0.2, 0.25) is 5.91 Å².